The summed E-state index contributed by atoms with van der Waals surface area (Å²) in [7, 11) is -6.69. The molecule has 0 aromatic heterocycles. The molecule has 12 heteroatoms. The SMILES string of the molecule is CS(=O)(=O)Nc1cccc(/C=C2/c3ccccc3CCc3c2ccc(Cl)c3Cl)c1.CS(=O)(=O)Nc1cccc(/C=C2\c3ccccc3CCc3c2ccc(Cl)c3Cl)c1. The maximum absolute atomic E-state index is 11.6. The minimum absolute atomic E-state index is 0.526. The van der Waals surface area contributed by atoms with Gasteiger partial charge in [0.15, 0.2) is 0 Å². The average molecular weight is 889 g/mol. The molecule has 2 N–H and O–H groups in total. The van der Waals surface area contributed by atoms with Crippen molar-refractivity contribution in [3.8, 4) is 0 Å². The van der Waals surface area contributed by atoms with E-state index < -0.39 is 20.0 Å². The lowest BCUT2D eigenvalue weighted by Gasteiger charge is -2.14. The van der Waals surface area contributed by atoms with Crippen LogP contribution in [0.2, 0.25) is 20.1 Å². The zero-order chi connectivity index (χ0) is 41.2. The molecule has 2 aliphatic carbocycles. The first kappa shape index (κ1) is 41.6. The molecule has 2 aliphatic rings. The van der Waals surface area contributed by atoms with Gasteiger partial charge in [0.1, 0.15) is 0 Å². The maximum Gasteiger partial charge on any atom is 0.229 e. The second kappa shape index (κ2) is 17.4. The van der Waals surface area contributed by atoms with Crippen LogP contribution in [-0.2, 0) is 45.7 Å². The normalized spacial score (nSPS) is 14.8. The summed E-state index contributed by atoms with van der Waals surface area (Å²) in [5.74, 6) is 0. The van der Waals surface area contributed by atoms with Crippen molar-refractivity contribution in [2.75, 3.05) is 22.0 Å². The summed E-state index contributed by atoms with van der Waals surface area (Å²) in [5, 5.41) is 2.29. The molecule has 0 saturated heterocycles. The summed E-state index contributed by atoms with van der Waals surface area (Å²) in [6.07, 6.45) is 9.77. The fraction of sp³-hybridized carbons (Fsp3) is 0.130. The fourth-order valence-corrected chi connectivity index (χ4v) is 9.43. The van der Waals surface area contributed by atoms with Gasteiger partial charge in [0.25, 0.3) is 0 Å². The first-order chi connectivity index (χ1) is 27.6. The summed E-state index contributed by atoms with van der Waals surface area (Å²) >= 11 is 25.7. The highest BCUT2D eigenvalue weighted by Gasteiger charge is 2.23. The highest BCUT2D eigenvalue weighted by atomic mass is 35.5. The first-order valence-corrected chi connectivity index (χ1v) is 23.6. The van der Waals surface area contributed by atoms with Crippen LogP contribution in [0.3, 0.4) is 0 Å². The van der Waals surface area contributed by atoms with Gasteiger partial charge in [-0.25, -0.2) is 16.8 Å². The van der Waals surface area contributed by atoms with Crippen molar-refractivity contribution in [3.05, 3.63) is 197 Å². The number of aryl methyl sites for hydroxylation is 2. The van der Waals surface area contributed by atoms with E-state index in [4.69, 9.17) is 46.4 Å². The Morgan fingerprint density at radius 1 is 0.466 bits per heavy atom. The predicted molar refractivity (Wildman–Crippen MR) is 244 cm³/mol. The molecule has 0 amide bonds. The van der Waals surface area contributed by atoms with Crippen LogP contribution in [0.5, 0.6) is 0 Å². The monoisotopic (exact) mass is 886 g/mol. The molecular weight excluding hydrogens is 850 g/mol. The van der Waals surface area contributed by atoms with Crippen LogP contribution in [-0.4, -0.2) is 29.3 Å². The largest absolute Gasteiger partial charge is 0.284 e. The quantitative estimate of drug-likeness (QED) is 0.174. The summed E-state index contributed by atoms with van der Waals surface area (Å²) in [5.41, 5.74) is 13.9. The Morgan fingerprint density at radius 2 is 0.862 bits per heavy atom. The Balaban J connectivity index is 0.000000177. The smallest absolute Gasteiger partial charge is 0.229 e. The van der Waals surface area contributed by atoms with Crippen LogP contribution in [0, 0.1) is 0 Å². The Morgan fingerprint density at radius 3 is 1.26 bits per heavy atom. The number of nitrogens with one attached hydrogen (secondary N) is 2. The molecule has 0 spiro atoms. The van der Waals surface area contributed by atoms with Crippen LogP contribution >= 0.6 is 46.4 Å². The van der Waals surface area contributed by atoms with Crippen molar-refractivity contribution in [2.24, 2.45) is 0 Å². The number of hydrogen-bond donors (Lipinski definition) is 2. The minimum atomic E-state index is -3.34. The number of rotatable bonds is 6. The van der Waals surface area contributed by atoms with Gasteiger partial charge >= 0.3 is 0 Å². The van der Waals surface area contributed by atoms with E-state index >= 15 is 0 Å². The number of anilines is 2. The van der Waals surface area contributed by atoms with Gasteiger partial charge in [-0.2, -0.15) is 0 Å². The standard InChI is InChI=1S/2C23H19Cl2NO2S/c2*1-29(27,28)26-17-7-4-5-15(13-17)14-21-18-8-3-2-6-16(18)9-10-20-19(21)11-12-22(24)23(20)25/h2*2-8,11-14,26H,9-10H2,1H3/b21-14+;21-14-. The summed E-state index contributed by atoms with van der Waals surface area (Å²) in [4.78, 5) is 0. The van der Waals surface area contributed by atoms with E-state index in [0.29, 0.717) is 31.5 Å². The van der Waals surface area contributed by atoms with E-state index in [1.54, 1.807) is 12.1 Å². The van der Waals surface area contributed by atoms with Crippen LogP contribution in [0.4, 0.5) is 11.4 Å². The first-order valence-electron chi connectivity index (χ1n) is 18.3. The Hall–Kier alpha value is -4.54. The number of benzene rings is 6. The zero-order valence-electron chi connectivity index (χ0n) is 31.5. The molecule has 0 radical (unpaired) electrons. The van der Waals surface area contributed by atoms with Gasteiger partial charge < -0.3 is 0 Å². The zero-order valence-corrected chi connectivity index (χ0v) is 36.1. The summed E-state index contributed by atoms with van der Waals surface area (Å²) in [6, 6.07) is 38.9. The number of sulfonamides is 2. The van der Waals surface area contributed by atoms with Crippen LogP contribution in [0.25, 0.3) is 23.3 Å². The van der Waals surface area contributed by atoms with Gasteiger partial charge in [0.05, 0.1) is 32.6 Å². The van der Waals surface area contributed by atoms with Crippen LogP contribution in [0.1, 0.15) is 55.6 Å². The molecule has 6 aromatic carbocycles. The Kier molecular flexibility index (Phi) is 12.5. The molecule has 6 aromatic rings. The van der Waals surface area contributed by atoms with Crippen molar-refractivity contribution in [2.45, 2.75) is 25.7 Å². The second-order valence-corrected chi connectivity index (χ2v) is 19.3. The minimum Gasteiger partial charge on any atom is -0.284 e. The molecule has 0 atom stereocenters. The fourth-order valence-electron chi connectivity index (χ4n) is 7.45. The van der Waals surface area contributed by atoms with Crippen molar-refractivity contribution >= 4 is 101 Å². The molecular formula is C46H38Cl4N2O4S2. The third kappa shape index (κ3) is 9.83. The van der Waals surface area contributed by atoms with E-state index in [-0.39, 0.29) is 0 Å². The van der Waals surface area contributed by atoms with Gasteiger partial charge in [-0.3, -0.25) is 9.44 Å². The number of fused-ring (bicyclic) bond motifs is 4. The van der Waals surface area contributed by atoms with E-state index in [9.17, 15) is 16.8 Å². The predicted octanol–water partition coefficient (Wildman–Crippen LogP) is 12.1. The third-order valence-electron chi connectivity index (χ3n) is 9.88. The topological polar surface area (TPSA) is 92.3 Å². The van der Waals surface area contributed by atoms with Crippen molar-refractivity contribution < 1.29 is 16.8 Å². The summed E-state index contributed by atoms with van der Waals surface area (Å²) < 4.78 is 51.4. The Labute approximate surface area is 360 Å². The lowest BCUT2D eigenvalue weighted by atomic mass is 9.92. The molecule has 6 nitrogen and oxygen atoms in total. The van der Waals surface area contributed by atoms with Crippen LogP contribution in [0.15, 0.2) is 121 Å². The van der Waals surface area contributed by atoms with Crippen LogP contribution < -0.4 is 9.44 Å². The van der Waals surface area contributed by atoms with E-state index in [1.807, 2.05) is 84.9 Å². The molecule has 0 heterocycles. The maximum atomic E-state index is 11.6. The van der Waals surface area contributed by atoms with Gasteiger partial charge in [0.2, 0.25) is 20.0 Å². The average Bonchev–Trinajstić information content (AvgIpc) is 3.43. The molecule has 0 fully saturated rings. The molecule has 296 valence electrons. The van der Waals surface area contributed by atoms with E-state index in [2.05, 4.69) is 45.9 Å². The van der Waals surface area contributed by atoms with Crippen molar-refractivity contribution in [1.29, 1.82) is 0 Å². The lowest BCUT2D eigenvalue weighted by molar-refractivity contribution is 0.605. The highest BCUT2D eigenvalue weighted by Crippen LogP contribution is 2.42. The molecule has 58 heavy (non-hydrogen) atoms. The summed E-state index contributed by atoms with van der Waals surface area (Å²) in [6.45, 7) is 0. The third-order valence-corrected chi connectivity index (χ3v) is 12.8. The van der Waals surface area contributed by atoms with Gasteiger partial charge in [-0.05, 0) is 141 Å². The Bertz CT molecular complexity index is 2660. The molecule has 0 saturated carbocycles. The number of halogens is 4. The van der Waals surface area contributed by atoms with Crippen molar-refractivity contribution in [1.82, 2.24) is 0 Å². The van der Waals surface area contributed by atoms with Gasteiger partial charge in [-0.15, -0.1) is 0 Å². The van der Waals surface area contributed by atoms with Gasteiger partial charge in [0, 0.05) is 11.4 Å². The van der Waals surface area contributed by atoms with E-state index in [0.717, 1.165) is 93.8 Å². The highest BCUT2D eigenvalue weighted by molar-refractivity contribution is 7.92. The number of hydrogen-bond acceptors (Lipinski definition) is 4. The second-order valence-electron chi connectivity index (χ2n) is 14.2. The van der Waals surface area contributed by atoms with Crippen molar-refractivity contribution in [3.63, 3.8) is 0 Å². The van der Waals surface area contributed by atoms with E-state index in [1.165, 1.54) is 11.1 Å². The molecule has 0 aliphatic heterocycles. The molecule has 0 unspecified atom stereocenters. The molecule has 8 rings (SSSR count). The molecule has 0 bridgehead atoms. The lowest BCUT2D eigenvalue weighted by Crippen LogP contribution is -2.09. The van der Waals surface area contributed by atoms with Gasteiger partial charge in [-0.1, -0.05) is 131 Å².